The Bertz CT molecular complexity index is 685. The van der Waals surface area contributed by atoms with Crippen molar-refractivity contribution in [2.45, 2.75) is 0 Å². The molecule has 1 heterocycles. The highest BCUT2D eigenvalue weighted by Gasteiger charge is 2.07. The first-order chi connectivity index (χ1) is 8.40. The monoisotopic (exact) mass is 222 g/mol. The van der Waals surface area contributed by atoms with Crippen LogP contribution in [-0.4, -0.2) is 16.1 Å². The zero-order valence-corrected chi connectivity index (χ0v) is 9.08. The molecule has 0 amide bonds. The first-order valence-corrected chi connectivity index (χ1v) is 5.37. The van der Waals surface area contributed by atoms with E-state index >= 15 is 0 Å². The van der Waals surface area contributed by atoms with Gasteiger partial charge in [-0.25, -0.2) is 4.68 Å². The first-order valence-electron chi connectivity index (χ1n) is 5.37. The number of para-hydroxylation sites is 2. The molecule has 0 fully saturated rings. The molecule has 3 heteroatoms. The summed E-state index contributed by atoms with van der Waals surface area (Å²) >= 11 is 0. The number of aldehydes is 1. The molecule has 17 heavy (non-hydrogen) atoms. The molecule has 3 rings (SSSR count). The van der Waals surface area contributed by atoms with Crippen LogP contribution in [0.2, 0.25) is 0 Å². The van der Waals surface area contributed by atoms with Crippen molar-refractivity contribution in [1.29, 1.82) is 0 Å². The van der Waals surface area contributed by atoms with Crippen molar-refractivity contribution >= 4 is 17.2 Å². The van der Waals surface area contributed by atoms with E-state index in [2.05, 4.69) is 5.10 Å². The number of hydrogen-bond acceptors (Lipinski definition) is 2. The third-order valence-corrected chi connectivity index (χ3v) is 2.77. The van der Waals surface area contributed by atoms with Crippen LogP contribution in [0.4, 0.5) is 0 Å². The maximum atomic E-state index is 11.0. The zero-order chi connectivity index (χ0) is 11.7. The van der Waals surface area contributed by atoms with Crippen molar-refractivity contribution < 1.29 is 4.79 Å². The van der Waals surface area contributed by atoms with E-state index in [1.54, 1.807) is 16.9 Å². The van der Waals surface area contributed by atoms with Crippen LogP contribution in [0.3, 0.4) is 0 Å². The molecule has 82 valence electrons. The Morgan fingerprint density at radius 2 is 1.76 bits per heavy atom. The summed E-state index contributed by atoms with van der Waals surface area (Å²) < 4.78 is 1.79. The lowest BCUT2D eigenvalue weighted by Gasteiger charge is -2.05. The van der Waals surface area contributed by atoms with E-state index in [0.717, 1.165) is 22.9 Å². The standard InChI is InChI=1S/C14H10N2O/c17-10-12-6-2-4-8-14(12)16-13-7-3-1-5-11(13)9-15-16/h1-10H. The third kappa shape index (κ3) is 1.52. The lowest BCUT2D eigenvalue weighted by molar-refractivity contribution is 0.112. The van der Waals surface area contributed by atoms with Crippen LogP contribution in [-0.2, 0) is 0 Å². The molecule has 0 atom stereocenters. The van der Waals surface area contributed by atoms with E-state index in [1.807, 2.05) is 42.5 Å². The van der Waals surface area contributed by atoms with Gasteiger partial charge in [-0.05, 0) is 18.2 Å². The van der Waals surface area contributed by atoms with Crippen molar-refractivity contribution in [2.75, 3.05) is 0 Å². The Morgan fingerprint density at radius 1 is 1.00 bits per heavy atom. The van der Waals surface area contributed by atoms with Gasteiger partial charge in [0.25, 0.3) is 0 Å². The molecule has 0 radical (unpaired) electrons. The second-order valence-corrected chi connectivity index (χ2v) is 3.79. The van der Waals surface area contributed by atoms with Crippen LogP contribution < -0.4 is 0 Å². The molecule has 0 bridgehead atoms. The molecule has 0 aliphatic carbocycles. The normalized spacial score (nSPS) is 10.6. The largest absolute Gasteiger partial charge is 0.298 e. The first kappa shape index (κ1) is 9.78. The topological polar surface area (TPSA) is 34.9 Å². The Kier molecular flexibility index (Phi) is 2.22. The van der Waals surface area contributed by atoms with Gasteiger partial charge in [-0.3, -0.25) is 4.79 Å². The van der Waals surface area contributed by atoms with E-state index in [9.17, 15) is 4.79 Å². The number of hydrogen-bond donors (Lipinski definition) is 0. The summed E-state index contributed by atoms with van der Waals surface area (Å²) in [5, 5.41) is 5.40. The predicted octanol–water partition coefficient (Wildman–Crippen LogP) is 2.84. The van der Waals surface area contributed by atoms with Gasteiger partial charge in [0.15, 0.2) is 6.29 Å². The van der Waals surface area contributed by atoms with Crippen LogP contribution in [0.15, 0.2) is 54.7 Å². The van der Waals surface area contributed by atoms with Gasteiger partial charge in [-0.15, -0.1) is 0 Å². The van der Waals surface area contributed by atoms with Crippen LogP contribution in [0, 0.1) is 0 Å². The minimum absolute atomic E-state index is 0.640. The van der Waals surface area contributed by atoms with Crippen molar-refractivity contribution in [3.63, 3.8) is 0 Å². The summed E-state index contributed by atoms with van der Waals surface area (Å²) in [6.45, 7) is 0. The second kappa shape index (κ2) is 3.87. The van der Waals surface area contributed by atoms with Gasteiger partial charge in [0.05, 0.1) is 17.4 Å². The van der Waals surface area contributed by atoms with E-state index in [-0.39, 0.29) is 0 Å². The van der Waals surface area contributed by atoms with E-state index < -0.39 is 0 Å². The van der Waals surface area contributed by atoms with Crippen molar-refractivity contribution in [3.05, 3.63) is 60.3 Å². The lowest BCUT2D eigenvalue weighted by atomic mass is 10.2. The molecule has 0 spiro atoms. The maximum Gasteiger partial charge on any atom is 0.152 e. The highest BCUT2D eigenvalue weighted by Crippen LogP contribution is 2.19. The predicted molar refractivity (Wildman–Crippen MR) is 66.5 cm³/mol. The number of nitrogens with zero attached hydrogens (tertiary/aromatic N) is 2. The van der Waals surface area contributed by atoms with Crippen LogP contribution >= 0.6 is 0 Å². The van der Waals surface area contributed by atoms with Gasteiger partial charge < -0.3 is 0 Å². The van der Waals surface area contributed by atoms with Gasteiger partial charge >= 0.3 is 0 Å². The molecule has 0 aliphatic heterocycles. The fourth-order valence-corrected chi connectivity index (χ4v) is 1.94. The van der Waals surface area contributed by atoms with Crippen molar-refractivity contribution in [1.82, 2.24) is 9.78 Å². The van der Waals surface area contributed by atoms with Crippen molar-refractivity contribution in [2.24, 2.45) is 0 Å². The number of fused-ring (bicyclic) bond motifs is 1. The number of carbonyl (C=O) groups is 1. The summed E-state index contributed by atoms with van der Waals surface area (Å²) in [7, 11) is 0. The Balaban J connectivity index is 2.31. The van der Waals surface area contributed by atoms with E-state index in [1.165, 1.54) is 0 Å². The third-order valence-electron chi connectivity index (χ3n) is 2.77. The average Bonchev–Trinajstić information content (AvgIpc) is 2.82. The van der Waals surface area contributed by atoms with Gasteiger partial charge in [0.1, 0.15) is 0 Å². The van der Waals surface area contributed by atoms with E-state index in [4.69, 9.17) is 0 Å². The molecule has 2 aromatic carbocycles. The number of carbonyl (C=O) groups excluding carboxylic acids is 1. The van der Waals surface area contributed by atoms with Crippen LogP contribution in [0.5, 0.6) is 0 Å². The molecule has 0 aliphatic rings. The summed E-state index contributed by atoms with van der Waals surface area (Å²) in [6.07, 6.45) is 2.66. The highest BCUT2D eigenvalue weighted by atomic mass is 16.1. The Labute approximate surface area is 98.3 Å². The van der Waals surface area contributed by atoms with Crippen molar-refractivity contribution in [3.8, 4) is 5.69 Å². The molecule has 3 nitrogen and oxygen atoms in total. The molecule has 0 unspecified atom stereocenters. The molecule has 0 saturated heterocycles. The molecule has 0 saturated carbocycles. The average molecular weight is 222 g/mol. The van der Waals surface area contributed by atoms with E-state index in [0.29, 0.717) is 5.56 Å². The zero-order valence-electron chi connectivity index (χ0n) is 9.08. The van der Waals surface area contributed by atoms with Gasteiger partial charge in [-0.1, -0.05) is 30.3 Å². The van der Waals surface area contributed by atoms with Crippen LogP contribution in [0.25, 0.3) is 16.6 Å². The Morgan fingerprint density at radius 3 is 2.65 bits per heavy atom. The quantitative estimate of drug-likeness (QED) is 0.625. The number of rotatable bonds is 2. The Hall–Kier alpha value is -2.42. The molecule has 0 N–H and O–H groups in total. The summed E-state index contributed by atoms with van der Waals surface area (Å²) in [5.74, 6) is 0. The molecular weight excluding hydrogens is 212 g/mol. The lowest BCUT2D eigenvalue weighted by Crippen LogP contribution is -2.00. The molecule has 3 aromatic rings. The SMILES string of the molecule is O=Cc1ccccc1-n1ncc2ccccc21. The summed E-state index contributed by atoms with van der Waals surface area (Å²) in [4.78, 5) is 11.0. The van der Waals surface area contributed by atoms with Gasteiger partial charge in [-0.2, -0.15) is 5.10 Å². The molecule has 1 aromatic heterocycles. The highest BCUT2D eigenvalue weighted by molar-refractivity contribution is 5.85. The number of aromatic nitrogens is 2. The minimum atomic E-state index is 0.640. The van der Waals surface area contributed by atoms with Gasteiger partial charge in [0.2, 0.25) is 0 Å². The fourth-order valence-electron chi connectivity index (χ4n) is 1.94. The fraction of sp³-hybridized carbons (Fsp3) is 0. The second-order valence-electron chi connectivity index (χ2n) is 3.79. The summed E-state index contributed by atoms with van der Waals surface area (Å²) in [5.41, 5.74) is 2.45. The smallest absolute Gasteiger partial charge is 0.152 e. The summed E-state index contributed by atoms with van der Waals surface area (Å²) in [6, 6.07) is 15.4. The molecular formula is C14H10N2O. The maximum absolute atomic E-state index is 11.0. The van der Waals surface area contributed by atoms with Gasteiger partial charge in [0, 0.05) is 10.9 Å². The number of benzene rings is 2. The van der Waals surface area contributed by atoms with Crippen LogP contribution in [0.1, 0.15) is 10.4 Å². The minimum Gasteiger partial charge on any atom is -0.298 e.